The van der Waals surface area contributed by atoms with Crippen LogP contribution in [0.25, 0.3) is 0 Å². The Kier molecular flexibility index (Phi) is 4.73. The van der Waals surface area contributed by atoms with Crippen molar-refractivity contribution in [1.29, 1.82) is 0 Å². The lowest BCUT2D eigenvalue weighted by Crippen LogP contribution is -2.37. The molecule has 0 aromatic heterocycles. The van der Waals surface area contributed by atoms with Gasteiger partial charge in [-0.05, 0) is 30.7 Å². The van der Waals surface area contributed by atoms with Gasteiger partial charge in [-0.2, -0.15) is 0 Å². The summed E-state index contributed by atoms with van der Waals surface area (Å²) in [5.74, 6) is -1.50. The van der Waals surface area contributed by atoms with Gasteiger partial charge in [0.1, 0.15) is 11.6 Å². The number of benzene rings is 1. The molecule has 0 saturated heterocycles. The highest BCUT2D eigenvalue weighted by molar-refractivity contribution is 5.19. The molecule has 0 amide bonds. The minimum atomic E-state index is -2.56. The molecule has 0 fully saturated rings. The fraction of sp³-hybridized carbons (Fsp3) is 0.455. The summed E-state index contributed by atoms with van der Waals surface area (Å²) in [6.45, 7) is 2.08. The van der Waals surface area contributed by atoms with Crippen LogP contribution in [0.15, 0.2) is 18.2 Å². The minimum Gasteiger partial charge on any atom is -0.309 e. The molecule has 0 aliphatic heterocycles. The van der Waals surface area contributed by atoms with Gasteiger partial charge in [0.2, 0.25) is 0 Å². The molecule has 1 aromatic rings. The SMILES string of the molecule is CCNC(Cc1cc(F)cc(F)c1)C(F)F. The maximum atomic E-state index is 12.8. The molecular formula is C11H13F4N. The molecule has 0 spiro atoms. The molecule has 1 nitrogen and oxygen atoms in total. The van der Waals surface area contributed by atoms with Crippen LogP contribution in [0.4, 0.5) is 17.6 Å². The number of hydrogen-bond donors (Lipinski definition) is 1. The van der Waals surface area contributed by atoms with Gasteiger partial charge in [-0.1, -0.05) is 6.92 Å². The Morgan fingerprint density at radius 1 is 1.12 bits per heavy atom. The van der Waals surface area contributed by atoms with E-state index in [0.29, 0.717) is 12.6 Å². The lowest BCUT2D eigenvalue weighted by Gasteiger charge is -2.16. The zero-order chi connectivity index (χ0) is 12.1. The number of alkyl halides is 2. The largest absolute Gasteiger partial charge is 0.309 e. The van der Waals surface area contributed by atoms with Gasteiger partial charge in [-0.15, -0.1) is 0 Å². The number of likely N-dealkylation sites (N-methyl/N-ethyl adjacent to an activating group) is 1. The molecule has 0 heterocycles. The highest BCUT2D eigenvalue weighted by Gasteiger charge is 2.19. The van der Waals surface area contributed by atoms with Crippen LogP contribution < -0.4 is 5.32 Å². The average Bonchev–Trinajstić information content (AvgIpc) is 2.15. The molecule has 5 heteroatoms. The van der Waals surface area contributed by atoms with Gasteiger partial charge in [-0.25, -0.2) is 17.6 Å². The summed E-state index contributed by atoms with van der Waals surface area (Å²) in [5.41, 5.74) is 0.226. The number of nitrogens with one attached hydrogen (secondary N) is 1. The fourth-order valence-electron chi connectivity index (χ4n) is 1.50. The van der Waals surface area contributed by atoms with Crippen LogP contribution in [0.3, 0.4) is 0 Å². The van der Waals surface area contributed by atoms with Gasteiger partial charge in [0.15, 0.2) is 0 Å². The number of halogens is 4. The lowest BCUT2D eigenvalue weighted by molar-refractivity contribution is 0.0990. The van der Waals surface area contributed by atoms with E-state index in [1.807, 2.05) is 0 Å². The maximum Gasteiger partial charge on any atom is 0.254 e. The topological polar surface area (TPSA) is 12.0 Å². The van der Waals surface area contributed by atoms with E-state index in [1.165, 1.54) is 0 Å². The third kappa shape index (κ3) is 3.81. The maximum absolute atomic E-state index is 12.8. The first kappa shape index (κ1) is 13.0. The van der Waals surface area contributed by atoms with E-state index in [0.717, 1.165) is 12.1 Å². The Morgan fingerprint density at radius 2 is 1.69 bits per heavy atom. The molecule has 0 aliphatic carbocycles. The third-order valence-electron chi connectivity index (χ3n) is 2.15. The van der Waals surface area contributed by atoms with Crippen molar-refractivity contribution >= 4 is 0 Å². The van der Waals surface area contributed by atoms with E-state index in [1.54, 1.807) is 6.92 Å². The molecule has 1 N–H and O–H groups in total. The van der Waals surface area contributed by atoms with E-state index in [2.05, 4.69) is 5.32 Å². The standard InChI is InChI=1S/C11H13F4N/c1-2-16-10(11(14)15)5-7-3-8(12)6-9(13)4-7/h3-4,6,10-11,16H,2,5H2,1H3. The van der Waals surface area contributed by atoms with Crippen molar-refractivity contribution in [2.75, 3.05) is 6.54 Å². The highest BCUT2D eigenvalue weighted by Crippen LogP contribution is 2.13. The van der Waals surface area contributed by atoms with Crippen LogP contribution in [-0.2, 0) is 6.42 Å². The Bertz CT molecular complexity index is 321. The summed E-state index contributed by atoms with van der Waals surface area (Å²) in [4.78, 5) is 0. The molecule has 16 heavy (non-hydrogen) atoms. The van der Waals surface area contributed by atoms with Gasteiger partial charge < -0.3 is 5.32 Å². The molecule has 1 unspecified atom stereocenters. The Morgan fingerprint density at radius 3 is 2.12 bits per heavy atom. The van der Waals surface area contributed by atoms with Crippen LogP contribution in [0.2, 0.25) is 0 Å². The second kappa shape index (κ2) is 5.84. The second-order valence-corrected chi connectivity index (χ2v) is 3.48. The summed E-state index contributed by atoms with van der Waals surface area (Å²) in [5, 5.41) is 2.57. The third-order valence-corrected chi connectivity index (χ3v) is 2.15. The number of rotatable bonds is 5. The van der Waals surface area contributed by atoms with Crippen molar-refractivity contribution in [3.8, 4) is 0 Å². The van der Waals surface area contributed by atoms with E-state index in [9.17, 15) is 17.6 Å². The van der Waals surface area contributed by atoms with Gasteiger partial charge in [0.25, 0.3) is 6.43 Å². The first-order chi connectivity index (χ1) is 7.52. The quantitative estimate of drug-likeness (QED) is 0.774. The van der Waals surface area contributed by atoms with E-state index < -0.39 is 24.1 Å². The predicted molar refractivity (Wildman–Crippen MR) is 53.5 cm³/mol. The molecule has 90 valence electrons. The first-order valence-electron chi connectivity index (χ1n) is 4.99. The smallest absolute Gasteiger partial charge is 0.254 e. The summed E-state index contributed by atoms with van der Waals surface area (Å²) in [6.07, 6.45) is -2.66. The van der Waals surface area contributed by atoms with Crippen LogP contribution >= 0.6 is 0 Å². The zero-order valence-corrected chi connectivity index (χ0v) is 8.81. The van der Waals surface area contributed by atoms with E-state index in [-0.39, 0.29) is 12.0 Å². The molecule has 0 saturated carbocycles. The summed E-state index contributed by atoms with van der Waals surface area (Å²) < 4.78 is 50.7. The number of hydrogen-bond acceptors (Lipinski definition) is 1. The molecule has 1 rings (SSSR count). The fourth-order valence-corrected chi connectivity index (χ4v) is 1.50. The molecular weight excluding hydrogens is 222 g/mol. The minimum absolute atomic E-state index is 0.0970. The molecule has 0 aliphatic rings. The van der Waals surface area contributed by atoms with Gasteiger partial charge in [0, 0.05) is 6.07 Å². The van der Waals surface area contributed by atoms with Crippen molar-refractivity contribution in [2.24, 2.45) is 0 Å². The van der Waals surface area contributed by atoms with Crippen LogP contribution in [-0.4, -0.2) is 19.0 Å². The van der Waals surface area contributed by atoms with Crippen LogP contribution in [0.5, 0.6) is 0 Å². The van der Waals surface area contributed by atoms with Crippen molar-refractivity contribution < 1.29 is 17.6 Å². The van der Waals surface area contributed by atoms with Crippen molar-refractivity contribution in [3.63, 3.8) is 0 Å². The monoisotopic (exact) mass is 235 g/mol. The van der Waals surface area contributed by atoms with Gasteiger partial charge >= 0.3 is 0 Å². The molecule has 0 radical (unpaired) electrons. The van der Waals surface area contributed by atoms with E-state index >= 15 is 0 Å². The summed E-state index contributed by atoms with van der Waals surface area (Å²) >= 11 is 0. The Hall–Kier alpha value is -1.10. The Labute approximate surface area is 91.5 Å². The lowest BCUT2D eigenvalue weighted by atomic mass is 10.1. The normalized spacial score (nSPS) is 13.1. The average molecular weight is 235 g/mol. The summed E-state index contributed by atoms with van der Waals surface area (Å²) in [7, 11) is 0. The molecule has 1 atom stereocenters. The van der Waals surface area contributed by atoms with E-state index in [4.69, 9.17) is 0 Å². The van der Waals surface area contributed by atoms with Gasteiger partial charge in [-0.3, -0.25) is 0 Å². The molecule has 0 bridgehead atoms. The van der Waals surface area contributed by atoms with Crippen LogP contribution in [0, 0.1) is 11.6 Å². The first-order valence-corrected chi connectivity index (χ1v) is 4.99. The van der Waals surface area contributed by atoms with Crippen LogP contribution in [0.1, 0.15) is 12.5 Å². The van der Waals surface area contributed by atoms with Crippen molar-refractivity contribution in [1.82, 2.24) is 5.32 Å². The Balaban J connectivity index is 2.76. The highest BCUT2D eigenvalue weighted by atomic mass is 19.3. The van der Waals surface area contributed by atoms with Gasteiger partial charge in [0.05, 0.1) is 6.04 Å². The predicted octanol–water partition coefficient (Wildman–Crippen LogP) is 2.75. The van der Waals surface area contributed by atoms with Crippen molar-refractivity contribution in [2.45, 2.75) is 25.8 Å². The van der Waals surface area contributed by atoms with Crippen molar-refractivity contribution in [3.05, 3.63) is 35.4 Å². The second-order valence-electron chi connectivity index (χ2n) is 3.48. The molecule has 1 aromatic carbocycles. The summed E-state index contributed by atoms with van der Waals surface area (Å²) in [6, 6.07) is 1.77. The zero-order valence-electron chi connectivity index (χ0n) is 8.81.